The van der Waals surface area contributed by atoms with Crippen LogP contribution in [0.25, 0.3) is 0 Å². The third-order valence-electron chi connectivity index (χ3n) is 3.41. The molecule has 1 aliphatic rings. The molecule has 0 radical (unpaired) electrons. The standard InChI is InChI=1S/C15H16F2O5/c1-21-14(20)10-7-11(12(18)13(19)15(10,16)17)22-8-9-5-3-2-4-6-9/h2-7,11-13,18-19H,8H2,1H3/t11-,12-,13+/m1/s1. The number of benzene rings is 1. The molecule has 7 heteroatoms. The van der Waals surface area contributed by atoms with E-state index < -0.39 is 35.8 Å². The van der Waals surface area contributed by atoms with Gasteiger partial charge in [0, 0.05) is 0 Å². The fraction of sp³-hybridized carbons (Fsp3) is 0.400. The van der Waals surface area contributed by atoms with Crippen molar-refractivity contribution < 1.29 is 33.3 Å². The molecular formula is C15H16F2O5. The van der Waals surface area contributed by atoms with Crippen LogP contribution >= 0.6 is 0 Å². The Bertz CT molecular complexity index is 558. The molecule has 0 saturated carbocycles. The van der Waals surface area contributed by atoms with Crippen LogP contribution in [0.4, 0.5) is 8.78 Å². The van der Waals surface area contributed by atoms with Gasteiger partial charge in [-0.15, -0.1) is 0 Å². The smallest absolute Gasteiger partial charge is 0.339 e. The van der Waals surface area contributed by atoms with E-state index in [9.17, 15) is 23.8 Å². The van der Waals surface area contributed by atoms with Crippen LogP contribution in [0.3, 0.4) is 0 Å². The van der Waals surface area contributed by atoms with Gasteiger partial charge in [0.1, 0.15) is 17.8 Å². The van der Waals surface area contributed by atoms with E-state index >= 15 is 0 Å². The summed E-state index contributed by atoms with van der Waals surface area (Å²) in [5, 5.41) is 19.3. The van der Waals surface area contributed by atoms with Gasteiger partial charge in [-0.2, -0.15) is 8.78 Å². The van der Waals surface area contributed by atoms with Crippen molar-refractivity contribution in [3.05, 3.63) is 47.5 Å². The van der Waals surface area contributed by atoms with Crippen LogP contribution in [0.5, 0.6) is 0 Å². The van der Waals surface area contributed by atoms with Crippen LogP contribution in [0.15, 0.2) is 42.0 Å². The SMILES string of the molecule is COC(=O)C1=C[C@@H](OCc2ccccc2)[C@@H](O)[C@H](O)C1(F)F. The molecule has 0 fully saturated rings. The van der Waals surface area contributed by atoms with Crippen LogP contribution in [0.2, 0.25) is 0 Å². The van der Waals surface area contributed by atoms with Crippen molar-refractivity contribution in [3.63, 3.8) is 0 Å². The molecule has 0 aromatic heterocycles. The highest BCUT2D eigenvalue weighted by molar-refractivity contribution is 5.90. The Hall–Kier alpha value is -1.83. The molecule has 0 spiro atoms. The molecule has 0 aliphatic heterocycles. The molecule has 1 aliphatic carbocycles. The maximum Gasteiger partial charge on any atom is 0.339 e. The molecular weight excluding hydrogens is 298 g/mol. The molecule has 3 atom stereocenters. The number of ether oxygens (including phenoxy) is 2. The Balaban J connectivity index is 2.21. The number of aliphatic hydroxyl groups excluding tert-OH is 2. The molecule has 1 aromatic rings. The number of carbonyl (C=O) groups is 1. The Kier molecular flexibility index (Phi) is 4.90. The van der Waals surface area contributed by atoms with E-state index in [2.05, 4.69) is 4.74 Å². The molecule has 0 amide bonds. The van der Waals surface area contributed by atoms with E-state index in [1.54, 1.807) is 30.3 Å². The fourth-order valence-electron chi connectivity index (χ4n) is 2.15. The highest BCUT2D eigenvalue weighted by Gasteiger charge is 2.54. The van der Waals surface area contributed by atoms with Crippen molar-refractivity contribution in [2.45, 2.75) is 30.8 Å². The summed E-state index contributed by atoms with van der Waals surface area (Å²) in [5.41, 5.74) is -0.264. The molecule has 2 rings (SSSR count). The lowest BCUT2D eigenvalue weighted by molar-refractivity contribution is -0.177. The Morgan fingerprint density at radius 1 is 1.27 bits per heavy atom. The average molecular weight is 314 g/mol. The Labute approximate surface area is 125 Å². The zero-order chi connectivity index (χ0) is 16.3. The maximum atomic E-state index is 13.9. The van der Waals surface area contributed by atoms with E-state index in [1.807, 2.05) is 0 Å². The van der Waals surface area contributed by atoms with Gasteiger partial charge in [0.25, 0.3) is 0 Å². The van der Waals surface area contributed by atoms with Crippen LogP contribution < -0.4 is 0 Å². The highest BCUT2D eigenvalue weighted by Crippen LogP contribution is 2.36. The lowest BCUT2D eigenvalue weighted by Crippen LogP contribution is -2.54. The van der Waals surface area contributed by atoms with E-state index in [0.29, 0.717) is 0 Å². The monoisotopic (exact) mass is 314 g/mol. The van der Waals surface area contributed by atoms with Gasteiger partial charge in [0.15, 0.2) is 6.10 Å². The number of methoxy groups -OCH3 is 1. The van der Waals surface area contributed by atoms with Gasteiger partial charge in [-0.3, -0.25) is 0 Å². The van der Waals surface area contributed by atoms with Crippen molar-refractivity contribution in [2.75, 3.05) is 7.11 Å². The fourth-order valence-corrected chi connectivity index (χ4v) is 2.15. The van der Waals surface area contributed by atoms with Crippen molar-refractivity contribution in [1.29, 1.82) is 0 Å². The Morgan fingerprint density at radius 3 is 2.50 bits per heavy atom. The van der Waals surface area contributed by atoms with Crippen molar-refractivity contribution in [2.24, 2.45) is 0 Å². The van der Waals surface area contributed by atoms with Gasteiger partial charge in [0.2, 0.25) is 0 Å². The van der Waals surface area contributed by atoms with Crippen molar-refractivity contribution in [1.82, 2.24) is 0 Å². The molecule has 0 saturated heterocycles. The average Bonchev–Trinajstić information content (AvgIpc) is 2.52. The summed E-state index contributed by atoms with van der Waals surface area (Å²) >= 11 is 0. The third-order valence-corrected chi connectivity index (χ3v) is 3.41. The molecule has 0 unspecified atom stereocenters. The van der Waals surface area contributed by atoms with Crippen LogP contribution in [-0.2, 0) is 20.9 Å². The molecule has 2 N–H and O–H groups in total. The number of aliphatic hydroxyl groups is 2. The van der Waals surface area contributed by atoms with Gasteiger partial charge < -0.3 is 19.7 Å². The van der Waals surface area contributed by atoms with Crippen LogP contribution in [0, 0.1) is 0 Å². The maximum absolute atomic E-state index is 13.9. The molecule has 120 valence electrons. The number of rotatable bonds is 4. The van der Waals surface area contributed by atoms with Crippen molar-refractivity contribution in [3.8, 4) is 0 Å². The molecule has 5 nitrogen and oxygen atoms in total. The van der Waals surface area contributed by atoms with Gasteiger partial charge in [-0.05, 0) is 11.6 Å². The quantitative estimate of drug-likeness (QED) is 0.812. The lowest BCUT2D eigenvalue weighted by atomic mass is 9.88. The zero-order valence-electron chi connectivity index (χ0n) is 11.8. The molecule has 1 aromatic carbocycles. The minimum absolute atomic E-state index is 0.0335. The van der Waals surface area contributed by atoms with E-state index in [4.69, 9.17) is 4.74 Å². The lowest BCUT2D eigenvalue weighted by Gasteiger charge is -2.35. The second-order valence-electron chi connectivity index (χ2n) is 4.89. The summed E-state index contributed by atoms with van der Waals surface area (Å²) in [5.74, 6) is -5.18. The first kappa shape index (κ1) is 16.5. The van der Waals surface area contributed by atoms with Gasteiger partial charge >= 0.3 is 11.9 Å². The predicted molar refractivity (Wildman–Crippen MR) is 72.1 cm³/mol. The summed E-state index contributed by atoms with van der Waals surface area (Å²) in [6, 6.07) is 8.86. The largest absolute Gasteiger partial charge is 0.465 e. The zero-order valence-corrected chi connectivity index (χ0v) is 11.8. The number of carbonyl (C=O) groups excluding carboxylic acids is 1. The number of halogens is 2. The number of esters is 1. The summed E-state index contributed by atoms with van der Waals surface area (Å²) in [6.07, 6.45) is -4.75. The number of hydrogen-bond donors (Lipinski definition) is 2. The normalized spacial score (nSPS) is 27.1. The van der Waals surface area contributed by atoms with Gasteiger partial charge in [-0.1, -0.05) is 30.3 Å². The van der Waals surface area contributed by atoms with E-state index in [-0.39, 0.29) is 6.61 Å². The first-order valence-corrected chi connectivity index (χ1v) is 6.58. The van der Waals surface area contributed by atoms with Crippen LogP contribution in [0.1, 0.15) is 5.56 Å². The van der Waals surface area contributed by atoms with Crippen LogP contribution in [-0.4, -0.2) is 47.5 Å². The molecule has 22 heavy (non-hydrogen) atoms. The van der Waals surface area contributed by atoms with Gasteiger partial charge in [-0.25, -0.2) is 4.79 Å². The summed E-state index contributed by atoms with van der Waals surface area (Å²) in [4.78, 5) is 11.4. The number of hydrogen-bond acceptors (Lipinski definition) is 5. The minimum Gasteiger partial charge on any atom is -0.465 e. The summed E-state index contributed by atoms with van der Waals surface area (Å²) < 4.78 is 37.3. The second kappa shape index (κ2) is 6.51. The first-order chi connectivity index (χ1) is 10.4. The highest BCUT2D eigenvalue weighted by atomic mass is 19.3. The van der Waals surface area contributed by atoms with Gasteiger partial charge in [0.05, 0.1) is 13.7 Å². The second-order valence-corrected chi connectivity index (χ2v) is 4.89. The molecule has 0 bridgehead atoms. The number of alkyl halides is 2. The third kappa shape index (κ3) is 3.16. The summed E-state index contributed by atoms with van der Waals surface area (Å²) in [7, 11) is 0.955. The Morgan fingerprint density at radius 2 is 1.91 bits per heavy atom. The first-order valence-electron chi connectivity index (χ1n) is 6.58. The summed E-state index contributed by atoms with van der Waals surface area (Å²) in [6.45, 7) is 0.0335. The van der Waals surface area contributed by atoms with Crippen molar-refractivity contribution >= 4 is 5.97 Å². The topological polar surface area (TPSA) is 76.0 Å². The molecule has 0 heterocycles. The predicted octanol–water partition coefficient (Wildman–Crippen LogP) is 1.04. The minimum atomic E-state index is -3.90. The van der Waals surface area contributed by atoms with E-state index in [0.717, 1.165) is 18.7 Å². The van der Waals surface area contributed by atoms with E-state index in [1.165, 1.54) is 0 Å².